The van der Waals surface area contributed by atoms with Crippen molar-refractivity contribution in [2.75, 3.05) is 0 Å². The van der Waals surface area contributed by atoms with Crippen LogP contribution < -0.4 is 4.73 Å². The standard InChI is InChI=1S/C17H12ClF3N2O/c18-10-16-22-14-7-6-12(17(19,20)21)9-13(14)15(23(16)24)8-11-4-2-1-3-5-11/h1-7,9H,8,10H2. The van der Waals surface area contributed by atoms with Gasteiger partial charge in [-0.1, -0.05) is 30.3 Å². The Labute approximate surface area is 140 Å². The van der Waals surface area contributed by atoms with Crippen LogP contribution in [0.25, 0.3) is 10.9 Å². The molecule has 0 N–H and O–H groups in total. The molecule has 0 saturated carbocycles. The van der Waals surface area contributed by atoms with Crippen molar-refractivity contribution in [3.8, 4) is 0 Å². The second-order valence-electron chi connectivity index (χ2n) is 5.29. The molecule has 0 saturated heterocycles. The molecular weight excluding hydrogens is 341 g/mol. The van der Waals surface area contributed by atoms with Crippen LogP contribution in [0.2, 0.25) is 0 Å². The van der Waals surface area contributed by atoms with Crippen molar-refractivity contribution in [3.63, 3.8) is 0 Å². The molecule has 0 aliphatic carbocycles. The molecule has 3 nitrogen and oxygen atoms in total. The maximum absolute atomic E-state index is 13.0. The summed E-state index contributed by atoms with van der Waals surface area (Å²) in [5, 5.41) is 12.6. The third-order valence-electron chi connectivity index (χ3n) is 3.70. The maximum Gasteiger partial charge on any atom is 0.416 e. The highest BCUT2D eigenvalue weighted by atomic mass is 35.5. The predicted octanol–water partition coefficient (Wildman–Crippen LogP) is 4.22. The van der Waals surface area contributed by atoms with Gasteiger partial charge in [0.2, 0.25) is 0 Å². The van der Waals surface area contributed by atoms with E-state index in [2.05, 4.69) is 4.98 Å². The third-order valence-corrected chi connectivity index (χ3v) is 3.94. The average molecular weight is 353 g/mol. The Morgan fingerprint density at radius 3 is 2.42 bits per heavy atom. The first-order valence-corrected chi connectivity index (χ1v) is 7.66. The number of nitrogens with zero attached hydrogens (tertiary/aromatic N) is 2. The molecule has 3 rings (SSSR count). The molecule has 0 radical (unpaired) electrons. The molecule has 0 atom stereocenters. The monoisotopic (exact) mass is 352 g/mol. The molecule has 3 aromatic rings. The van der Waals surface area contributed by atoms with Crippen LogP contribution >= 0.6 is 11.6 Å². The van der Waals surface area contributed by atoms with Gasteiger partial charge in [0.05, 0.1) is 10.9 Å². The van der Waals surface area contributed by atoms with Crippen molar-refractivity contribution in [1.29, 1.82) is 0 Å². The first-order valence-electron chi connectivity index (χ1n) is 7.12. The molecule has 0 spiro atoms. The average Bonchev–Trinajstić information content (AvgIpc) is 2.57. The number of rotatable bonds is 3. The second kappa shape index (κ2) is 6.28. The Morgan fingerprint density at radius 1 is 1.08 bits per heavy atom. The zero-order chi connectivity index (χ0) is 17.3. The lowest BCUT2D eigenvalue weighted by atomic mass is 10.0. The number of fused-ring (bicyclic) bond motifs is 1. The lowest BCUT2D eigenvalue weighted by Gasteiger charge is -2.15. The van der Waals surface area contributed by atoms with Crippen LogP contribution in [0.4, 0.5) is 13.2 Å². The van der Waals surface area contributed by atoms with E-state index in [-0.39, 0.29) is 29.2 Å². The fourth-order valence-corrected chi connectivity index (χ4v) is 2.70. The van der Waals surface area contributed by atoms with Gasteiger partial charge >= 0.3 is 12.0 Å². The van der Waals surface area contributed by atoms with Crippen molar-refractivity contribution in [3.05, 3.63) is 76.4 Å². The van der Waals surface area contributed by atoms with E-state index in [0.29, 0.717) is 10.2 Å². The minimum Gasteiger partial charge on any atom is -0.710 e. The topological polar surface area (TPSA) is 39.8 Å². The predicted molar refractivity (Wildman–Crippen MR) is 84.5 cm³/mol. The smallest absolute Gasteiger partial charge is 0.416 e. The van der Waals surface area contributed by atoms with Crippen LogP contribution in [0.1, 0.15) is 22.6 Å². The molecule has 2 aromatic carbocycles. The van der Waals surface area contributed by atoms with E-state index in [1.165, 1.54) is 6.07 Å². The first kappa shape index (κ1) is 16.5. The van der Waals surface area contributed by atoms with Gasteiger partial charge in [-0.3, -0.25) is 0 Å². The number of benzene rings is 2. The van der Waals surface area contributed by atoms with Gasteiger partial charge in [-0.15, -0.1) is 11.6 Å². The molecule has 24 heavy (non-hydrogen) atoms. The normalized spacial score (nSPS) is 11.8. The summed E-state index contributed by atoms with van der Waals surface area (Å²) < 4.78 is 39.5. The molecule has 1 aromatic heterocycles. The highest BCUT2D eigenvalue weighted by molar-refractivity contribution is 6.16. The zero-order valence-electron chi connectivity index (χ0n) is 12.3. The Bertz CT molecular complexity index is 882. The minimum atomic E-state index is -4.49. The van der Waals surface area contributed by atoms with E-state index in [0.717, 1.165) is 17.7 Å². The first-order chi connectivity index (χ1) is 11.4. The van der Waals surface area contributed by atoms with Crippen LogP contribution in [0.15, 0.2) is 48.5 Å². The molecular formula is C17H12ClF3N2O. The summed E-state index contributed by atoms with van der Waals surface area (Å²) in [7, 11) is 0. The molecule has 0 aliphatic heterocycles. The number of hydrogen-bond donors (Lipinski definition) is 0. The van der Waals surface area contributed by atoms with E-state index >= 15 is 0 Å². The Hall–Kier alpha value is -2.34. The number of aromatic nitrogens is 2. The van der Waals surface area contributed by atoms with Gasteiger partial charge in [-0.05, 0) is 28.7 Å². The van der Waals surface area contributed by atoms with Crippen molar-refractivity contribution < 1.29 is 17.9 Å². The summed E-state index contributed by atoms with van der Waals surface area (Å²) >= 11 is 5.75. The van der Waals surface area contributed by atoms with Gasteiger partial charge in [0.1, 0.15) is 11.6 Å². The lowest BCUT2D eigenvalue weighted by Crippen LogP contribution is -2.38. The summed E-state index contributed by atoms with van der Waals surface area (Å²) in [5.41, 5.74) is 0.516. The number of halogens is 4. The summed E-state index contributed by atoms with van der Waals surface area (Å²) in [4.78, 5) is 4.07. The van der Waals surface area contributed by atoms with Crippen LogP contribution in [0.3, 0.4) is 0 Å². The molecule has 0 amide bonds. The molecule has 0 unspecified atom stereocenters. The van der Waals surface area contributed by atoms with Crippen LogP contribution in [0, 0.1) is 5.21 Å². The Kier molecular flexibility index (Phi) is 4.32. The van der Waals surface area contributed by atoms with Gasteiger partial charge in [0, 0.05) is 6.42 Å². The Morgan fingerprint density at radius 2 is 1.79 bits per heavy atom. The fourth-order valence-electron chi connectivity index (χ4n) is 2.53. The van der Waals surface area contributed by atoms with Crippen molar-refractivity contribution in [1.82, 2.24) is 4.98 Å². The Balaban J connectivity index is 2.24. The molecule has 0 fully saturated rings. The van der Waals surface area contributed by atoms with E-state index in [1.807, 2.05) is 6.07 Å². The van der Waals surface area contributed by atoms with Crippen LogP contribution in [-0.2, 0) is 18.5 Å². The van der Waals surface area contributed by atoms with E-state index in [9.17, 15) is 18.4 Å². The van der Waals surface area contributed by atoms with Crippen molar-refractivity contribution in [2.24, 2.45) is 0 Å². The largest absolute Gasteiger partial charge is 0.710 e. The van der Waals surface area contributed by atoms with Gasteiger partial charge in [-0.2, -0.15) is 13.2 Å². The maximum atomic E-state index is 13.0. The van der Waals surface area contributed by atoms with Crippen molar-refractivity contribution in [2.45, 2.75) is 18.5 Å². The quantitative estimate of drug-likeness (QED) is 0.402. The van der Waals surface area contributed by atoms with Gasteiger partial charge in [0.25, 0.3) is 0 Å². The second-order valence-corrected chi connectivity index (χ2v) is 5.56. The highest BCUT2D eigenvalue weighted by Crippen LogP contribution is 2.32. The van der Waals surface area contributed by atoms with Gasteiger partial charge in [-0.25, -0.2) is 4.73 Å². The van der Waals surface area contributed by atoms with Gasteiger partial charge in [0.15, 0.2) is 5.52 Å². The van der Waals surface area contributed by atoms with Crippen LogP contribution in [-0.4, -0.2) is 4.98 Å². The van der Waals surface area contributed by atoms with E-state index < -0.39 is 11.7 Å². The molecule has 1 heterocycles. The van der Waals surface area contributed by atoms with Crippen molar-refractivity contribution >= 4 is 22.5 Å². The van der Waals surface area contributed by atoms with Crippen LogP contribution in [0.5, 0.6) is 0 Å². The fraction of sp³-hybridized carbons (Fsp3) is 0.176. The molecule has 0 bridgehead atoms. The van der Waals surface area contributed by atoms with E-state index in [4.69, 9.17) is 11.6 Å². The lowest BCUT2D eigenvalue weighted by molar-refractivity contribution is -0.622. The number of hydrogen-bond acceptors (Lipinski definition) is 2. The summed E-state index contributed by atoms with van der Waals surface area (Å²) in [6.07, 6.45) is -4.30. The molecule has 7 heteroatoms. The minimum absolute atomic E-state index is 0.0647. The van der Waals surface area contributed by atoms with Gasteiger partial charge < -0.3 is 5.21 Å². The molecule has 124 valence electrons. The summed E-state index contributed by atoms with van der Waals surface area (Å²) in [6.45, 7) is 0. The molecule has 0 aliphatic rings. The highest BCUT2D eigenvalue weighted by Gasteiger charge is 2.32. The SMILES string of the molecule is [O-][n+]1c(CCl)nc2ccc(C(F)(F)F)cc2c1Cc1ccccc1. The zero-order valence-corrected chi connectivity index (χ0v) is 13.1. The summed E-state index contributed by atoms with van der Waals surface area (Å²) in [5.74, 6) is -0.0581. The third kappa shape index (κ3) is 3.14. The summed E-state index contributed by atoms with van der Waals surface area (Å²) in [6, 6.07) is 12.2. The number of alkyl halides is 4. The van der Waals surface area contributed by atoms with E-state index in [1.54, 1.807) is 24.3 Å².